The second-order valence-electron chi connectivity index (χ2n) is 3.74. The molecule has 0 atom stereocenters. The van der Waals surface area contributed by atoms with Crippen molar-refractivity contribution in [2.24, 2.45) is 0 Å². The Labute approximate surface area is 112 Å². The molecule has 1 aromatic rings. The Hall–Kier alpha value is -1.32. The highest BCUT2D eigenvalue weighted by molar-refractivity contribution is 7.86. The van der Waals surface area contributed by atoms with Crippen LogP contribution in [-0.2, 0) is 31.0 Å². The molecule has 19 heavy (non-hydrogen) atoms. The van der Waals surface area contributed by atoms with Gasteiger partial charge in [-0.2, -0.15) is 16.8 Å². The van der Waals surface area contributed by atoms with E-state index in [-0.39, 0.29) is 18.1 Å². The van der Waals surface area contributed by atoms with E-state index < -0.39 is 20.2 Å². The van der Waals surface area contributed by atoms with E-state index in [0.29, 0.717) is 5.56 Å². The van der Waals surface area contributed by atoms with Crippen molar-refractivity contribution in [2.75, 3.05) is 19.6 Å². The number of hydrogen-bond acceptors (Lipinski definition) is 7. The topological polar surface area (TPSA) is 96.0 Å². The fourth-order valence-corrected chi connectivity index (χ4v) is 2.02. The highest BCUT2D eigenvalue weighted by Gasteiger charge is 2.12. The van der Waals surface area contributed by atoms with Crippen LogP contribution in [0.25, 0.3) is 0 Å². The summed E-state index contributed by atoms with van der Waals surface area (Å²) >= 11 is 0. The van der Waals surface area contributed by atoms with Gasteiger partial charge in [-0.05, 0) is 17.7 Å². The minimum atomic E-state index is -3.67. The van der Waals surface area contributed by atoms with Crippen LogP contribution in [0.3, 0.4) is 0 Å². The van der Waals surface area contributed by atoms with Crippen molar-refractivity contribution in [3.8, 4) is 11.5 Å². The highest BCUT2D eigenvalue weighted by atomic mass is 32.2. The first-order valence-corrected chi connectivity index (χ1v) is 8.65. The van der Waals surface area contributed by atoms with Crippen molar-refractivity contribution in [3.63, 3.8) is 0 Å². The third-order valence-electron chi connectivity index (χ3n) is 1.91. The third-order valence-corrected chi connectivity index (χ3v) is 2.94. The molecular weight excluding hydrogens is 296 g/mol. The Morgan fingerprint density at radius 3 is 2.11 bits per heavy atom. The van der Waals surface area contributed by atoms with E-state index in [9.17, 15) is 16.8 Å². The first-order valence-electron chi connectivity index (χ1n) is 5.01. The van der Waals surface area contributed by atoms with Crippen molar-refractivity contribution in [3.05, 3.63) is 23.8 Å². The van der Waals surface area contributed by atoms with Gasteiger partial charge in [0.1, 0.15) is 0 Å². The standard InChI is InChI=1S/C10H14O7S2/c1-15-10-6-8(7-16-18(2,11)12)4-5-9(10)17-19(3,13)14/h4-6H,7H2,1-3H3. The molecule has 0 aliphatic heterocycles. The molecule has 0 N–H and O–H groups in total. The number of benzene rings is 1. The van der Waals surface area contributed by atoms with E-state index in [1.54, 1.807) is 0 Å². The third kappa shape index (κ3) is 5.90. The van der Waals surface area contributed by atoms with Crippen LogP contribution in [0.15, 0.2) is 18.2 Å². The molecule has 0 saturated carbocycles. The maximum atomic E-state index is 11.0. The lowest BCUT2D eigenvalue weighted by Gasteiger charge is -2.10. The van der Waals surface area contributed by atoms with E-state index in [1.807, 2.05) is 0 Å². The molecular formula is C10H14O7S2. The molecule has 0 bridgehead atoms. The lowest BCUT2D eigenvalue weighted by Crippen LogP contribution is -2.07. The van der Waals surface area contributed by atoms with Gasteiger partial charge in [-0.3, -0.25) is 4.18 Å². The van der Waals surface area contributed by atoms with Gasteiger partial charge in [-0.25, -0.2) is 0 Å². The zero-order valence-corrected chi connectivity index (χ0v) is 12.2. The van der Waals surface area contributed by atoms with Gasteiger partial charge < -0.3 is 8.92 Å². The smallest absolute Gasteiger partial charge is 0.306 e. The van der Waals surface area contributed by atoms with Gasteiger partial charge in [0.15, 0.2) is 11.5 Å². The molecule has 0 aromatic heterocycles. The predicted molar refractivity (Wildman–Crippen MR) is 68.1 cm³/mol. The van der Waals surface area contributed by atoms with Gasteiger partial charge in [0.25, 0.3) is 10.1 Å². The molecule has 1 aromatic carbocycles. The first kappa shape index (κ1) is 15.7. The van der Waals surface area contributed by atoms with Crippen molar-refractivity contribution >= 4 is 20.2 Å². The SMILES string of the molecule is COc1cc(COS(C)(=O)=O)ccc1OS(C)(=O)=O. The van der Waals surface area contributed by atoms with Crippen molar-refractivity contribution in [2.45, 2.75) is 6.61 Å². The number of ether oxygens (including phenoxy) is 1. The van der Waals surface area contributed by atoms with E-state index in [0.717, 1.165) is 12.5 Å². The van der Waals surface area contributed by atoms with E-state index in [1.165, 1.54) is 25.3 Å². The zero-order chi connectivity index (χ0) is 14.7. The minimum absolute atomic E-state index is 0.0214. The van der Waals surface area contributed by atoms with Gasteiger partial charge in [-0.15, -0.1) is 0 Å². The molecule has 1 rings (SSSR count). The van der Waals surface area contributed by atoms with Crippen LogP contribution in [0.4, 0.5) is 0 Å². The highest BCUT2D eigenvalue weighted by Crippen LogP contribution is 2.29. The van der Waals surface area contributed by atoms with E-state index in [4.69, 9.17) is 8.92 Å². The summed E-state index contributed by atoms with van der Waals surface area (Å²) in [5.41, 5.74) is 0.503. The van der Waals surface area contributed by atoms with Crippen LogP contribution < -0.4 is 8.92 Å². The Balaban J connectivity index is 2.96. The summed E-state index contributed by atoms with van der Waals surface area (Å²) in [5, 5.41) is 0. The fraction of sp³-hybridized carbons (Fsp3) is 0.400. The van der Waals surface area contributed by atoms with Crippen LogP contribution >= 0.6 is 0 Å². The summed E-state index contributed by atoms with van der Waals surface area (Å²) in [4.78, 5) is 0. The Bertz CT molecular complexity index is 646. The van der Waals surface area contributed by atoms with E-state index >= 15 is 0 Å². The maximum Gasteiger partial charge on any atom is 0.306 e. The van der Waals surface area contributed by atoms with Crippen LogP contribution in [0.5, 0.6) is 11.5 Å². The van der Waals surface area contributed by atoms with Crippen molar-refractivity contribution in [1.29, 1.82) is 0 Å². The second kappa shape index (κ2) is 5.76. The predicted octanol–water partition coefficient (Wildman–Crippen LogP) is 0.510. The van der Waals surface area contributed by atoms with Crippen LogP contribution in [0, 0.1) is 0 Å². The van der Waals surface area contributed by atoms with Crippen LogP contribution in [0.1, 0.15) is 5.56 Å². The number of hydrogen-bond donors (Lipinski definition) is 0. The molecule has 0 aliphatic carbocycles. The Morgan fingerprint density at radius 2 is 1.63 bits per heavy atom. The quantitative estimate of drug-likeness (QED) is 0.706. The Morgan fingerprint density at radius 1 is 1.00 bits per heavy atom. The molecule has 0 amide bonds. The van der Waals surface area contributed by atoms with Gasteiger partial charge in [0.05, 0.1) is 26.2 Å². The second-order valence-corrected chi connectivity index (χ2v) is 6.96. The van der Waals surface area contributed by atoms with Crippen molar-refractivity contribution < 1.29 is 29.9 Å². The van der Waals surface area contributed by atoms with Crippen molar-refractivity contribution in [1.82, 2.24) is 0 Å². The summed E-state index contributed by atoms with van der Waals surface area (Å²) in [6.45, 7) is -0.172. The molecule has 0 radical (unpaired) electrons. The summed E-state index contributed by atoms with van der Waals surface area (Å²) < 4.78 is 58.1. The molecule has 108 valence electrons. The largest absolute Gasteiger partial charge is 0.493 e. The average Bonchev–Trinajstić information content (AvgIpc) is 2.24. The van der Waals surface area contributed by atoms with Crippen LogP contribution in [0.2, 0.25) is 0 Å². The van der Waals surface area contributed by atoms with Gasteiger partial charge >= 0.3 is 10.1 Å². The summed E-state index contributed by atoms with van der Waals surface area (Å²) in [5.74, 6) is 0.188. The monoisotopic (exact) mass is 310 g/mol. The van der Waals surface area contributed by atoms with Crippen LogP contribution in [-0.4, -0.2) is 36.5 Å². The molecule has 0 unspecified atom stereocenters. The molecule has 0 spiro atoms. The van der Waals surface area contributed by atoms with E-state index in [2.05, 4.69) is 4.18 Å². The molecule has 0 saturated heterocycles. The minimum Gasteiger partial charge on any atom is -0.493 e. The van der Waals surface area contributed by atoms with Gasteiger partial charge in [0.2, 0.25) is 0 Å². The maximum absolute atomic E-state index is 11.0. The Kier molecular flexibility index (Phi) is 4.77. The number of methoxy groups -OCH3 is 1. The summed E-state index contributed by atoms with van der Waals surface area (Å²) in [6, 6.07) is 4.28. The molecule has 0 fully saturated rings. The average molecular weight is 310 g/mol. The zero-order valence-electron chi connectivity index (χ0n) is 10.6. The summed E-state index contributed by atoms with van der Waals surface area (Å²) in [7, 11) is -5.88. The summed E-state index contributed by atoms with van der Waals surface area (Å²) in [6.07, 6.45) is 1.85. The fourth-order valence-electron chi connectivity index (χ4n) is 1.21. The lowest BCUT2D eigenvalue weighted by molar-refractivity contribution is 0.310. The lowest BCUT2D eigenvalue weighted by atomic mass is 10.2. The van der Waals surface area contributed by atoms with Gasteiger partial charge in [0, 0.05) is 0 Å². The molecule has 7 nitrogen and oxygen atoms in total. The molecule has 9 heteroatoms. The van der Waals surface area contributed by atoms with Gasteiger partial charge in [-0.1, -0.05) is 6.07 Å². The number of rotatable bonds is 6. The first-order chi connectivity index (χ1) is 8.61. The normalized spacial score (nSPS) is 12.2. The molecule has 0 heterocycles. The molecule has 0 aliphatic rings.